The first-order chi connectivity index (χ1) is 11.3. The Morgan fingerprint density at radius 3 is 1.58 bits per heavy atom. The summed E-state index contributed by atoms with van der Waals surface area (Å²) in [5, 5.41) is 0. The van der Waals surface area contributed by atoms with Gasteiger partial charge in [-0.1, -0.05) is 35.4 Å². The SMILES string of the molecule is Cc1cc(C)c(N2CC(=O)N(c3c(C)cc(C)cc3C)C2)c(C)c1. The third-order valence-electron chi connectivity index (χ3n) is 4.80. The lowest BCUT2D eigenvalue weighted by molar-refractivity contribution is -0.115. The Kier molecular flexibility index (Phi) is 4.12. The van der Waals surface area contributed by atoms with Crippen LogP contribution in [-0.4, -0.2) is 19.1 Å². The molecule has 0 aromatic heterocycles. The van der Waals surface area contributed by atoms with Crippen molar-refractivity contribution in [3.05, 3.63) is 57.6 Å². The molecule has 1 saturated heterocycles. The summed E-state index contributed by atoms with van der Waals surface area (Å²) in [6, 6.07) is 8.69. The van der Waals surface area contributed by atoms with Crippen LogP contribution in [0.3, 0.4) is 0 Å². The Hall–Kier alpha value is -2.29. The molecule has 1 aliphatic heterocycles. The van der Waals surface area contributed by atoms with Gasteiger partial charge in [0, 0.05) is 5.69 Å². The van der Waals surface area contributed by atoms with Crippen LogP contribution in [0.25, 0.3) is 0 Å². The van der Waals surface area contributed by atoms with Crippen molar-refractivity contribution in [3.63, 3.8) is 0 Å². The van der Waals surface area contributed by atoms with Gasteiger partial charge in [0.15, 0.2) is 0 Å². The highest BCUT2D eigenvalue weighted by atomic mass is 16.2. The molecule has 2 aromatic rings. The highest BCUT2D eigenvalue weighted by Crippen LogP contribution is 2.33. The van der Waals surface area contributed by atoms with Crippen molar-refractivity contribution in [1.82, 2.24) is 0 Å². The minimum Gasteiger partial charge on any atom is -0.344 e. The largest absolute Gasteiger partial charge is 0.344 e. The molecule has 1 aliphatic rings. The number of aryl methyl sites for hydroxylation is 6. The number of carbonyl (C=O) groups excluding carboxylic acids is 1. The van der Waals surface area contributed by atoms with Crippen molar-refractivity contribution in [2.75, 3.05) is 23.0 Å². The number of carbonyl (C=O) groups is 1. The summed E-state index contributed by atoms with van der Waals surface area (Å²) in [6.07, 6.45) is 0. The third kappa shape index (κ3) is 2.79. The van der Waals surface area contributed by atoms with Crippen LogP contribution in [-0.2, 0) is 4.79 Å². The van der Waals surface area contributed by atoms with E-state index in [1.165, 1.54) is 39.1 Å². The zero-order valence-electron chi connectivity index (χ0n) is 15.5. The molecule has 1 fully saturated rings. The van der Waals surface area contributed by atoms with Gasteiger partial charge in [-0.25, -0.2) is 0 Å². The Bertz CT molecular complexity index is 777. The summed E-state index contributed by atoms with van der Waals surface area (Å²) in [5.74, 6) is 0.171. The second kappa shape index (κ2) is 5.97. The number of nitrogens with zero attached hydrogens (tertiary/aromatic N) is 2. The molecule has 0 unspecified atom stereocenters. The average molecular weight is 322 g/mol. The van der Waals surface area contributed by atoms with Gasteiger partial charge in [0.05, 0.1) is 18.9 Å². The van der Waals surface area contributed by atoms with Crippen molar-refractivity contribution in [2.24, 2.45) is 0 Å². The van der Waals surface area contributed by atoms with Crippen molar-refractivity contribution >= 4 is 17.3 Å². The topological polar surface area (TPSA) is 23.6 Å². The highest BCUT2D eigenvalue weighted by molar-refractivity contribution is 6.01. The van der Waals surface area contributed by atoms with Crippen molar-refractivity contribution in [3.8, 4) is 0 Å². The van der Waals surface area contributed by atoms with Crippen molar-refractivity contribution in [1.29, 1.82) is 0 Å². The maximum absolute atomic E-state index is 12.7. The van der Waals surface area contributed by atoms with Gasteiger partial charge in [-0.2, -0.15) is 0 Å². The quantitative estimate of drug-likeness (QED) is 0.821. The Labute approximate surface area is 144 Å². The molecule has 126 valence electrons. The number of benzene rings is 2. The fourth-order valence-electron chi connectivity index (χ4n) is 4.16. The Morgan fingerprint density at radius 1 is 0.708 bits per heavy atom. The molecule has 24 heavy (non-hydrogen) atoms. The lowest BCUT2D eigenvalue weighted by Gasteiger charge is -2.25. The van der Waals surface area contributed by atoms with E-state index in [-0.39, 0.29) is 5.91 Å². The van der Waals surface area contributed by atoms with Gasteiger partial charge in [0.2, 0.25) is 5.91 Å². The first kappa shape index (κ1) is 16.6. The van der Waals surface area contributed by atoms with Crippen LogP contribution in [0.15, 0.2) is 24.3 Å². The maximum atomic E-state index is 12.7. The predicted octanol–water partition coefficient (Wildman–Crippen LogP) is 4.35. The lowest BCUT2D eigenvalue weighted by Crippen LogP contribution is -2.28. The van der Waals surface area contributed by atoms with Crippen molar-refractivity contribution < 1.29 is 4.79 Å². The summed E-state index contributed by atoms with van der Waals surface area (Å²) in [6.45, 7) is 13.7. The predicted molar refractivity (Wildman–Crippen MR) is 101 cm³/mol. The van der Waals surface area contributed by atoms with Crippen LogP contribution >= 0.6 is 0 Å². The summed E-state index contributed by atoms with van der Waals surface area (Å²) in [5.41, 5.74) is 9.57. The monoisotopic (exact) mass is 322 g/mol. The number of anilines is 2. The average Bonchev–Trinajstić information content (AvgIpc) is 2.78. The molecule has 3 nitrogen and oxygen atoms in total. The van der Waals surface area contributed by atoms with Gasteiger partial charge in [0.25, 0.3) is 0 Å². The normalized spacial score (nSPS) is 14.7. The number of hydrogen-bond acceptors (Lipinski definition) is 2. The molecule has 1 heterocycles. The fourth-order valence-corrected chi connectivity index (χ4v) is 4.16. The van der Waals surface area contributed by atoms with Gasteiger partial charge in [0.1, 0.15) is 0 Å². The molecule has 2 aromatic carbocycles. The van der Waals surface area contributed by atoms with Crippen molar-refractivity contribution in [2.45, 2.75) is 41.5 Å². The first-order valence-corrected chi connectivity index (χ1v) is 8.49. The second-order valence-corrected chi connectivity index (χ2v) is 7.16. The standard InChI is InChI=1S/C21H26N2O/c1-13-7-15(3)20(16(4)8-13)22-11-19(24)23(12-22)21-17(5)9-14(2)10-18(21)6/h7-10H,11-12H2,1-6H3. The zero-order valence-corrected chi connectivity index (χ0v) is 15.5. The number of amides is 1. The first-order valence-electron chi connectivity index (χ1n) is 8.49. The minimum atomic E-state index is 0.171. The highest BCUT2D eigenvalue weighted by Gasteiger charge is 2.31. The van der Waals surface area contributed by atoms with E-state index >= 15 is 0 Å². The Morgan fingerprint density at radius 2 is 1.12 bits per heavy atom. The summed E-state index contributed by atoms with van der Waals surface area (Å²) in [7, 11) is 0. The number of rotatable bonds is 2. The van der Waals surface area contributed by atoms with Gasteiger partial charge < -0.3 is 4.90 Å². The third-order valence-corrected chi connectivity index (χ3v) is 4.80. The fraction of sp³-hybridized carbons (Fsp3) is 0.381. The smallest absolute Gasteiger partial charge is 0.248 e. The van der Waals surface area contributed by atoms with E-state index < -0.39 is 0 Å². The minimum absolute atomic E-state index is 0.171. The van der Waals surface area contributed by atoms with E-state index in [0.29, 0.717) is 13.2 Å². The molecule has 0 atom stereocenters. The molecule has 1 amide bonds. The summed E-state index contributed by atoms with van der Waals surface area (Å²) >= 11 is 0. The maximum Gasteiger partial charge on any atom is 0.248 e. The van der Waals surface area contributed by atoms with Crippen LogP contribution in [0.5, 0.6) is 0 Å². The molecule has 0 N–H and O–H groups in total. The van der Waals surface area contributed by atoms with Crippen LogP contribution in [0.4, 0.5) is 11.4 Å². The molecule has 0 bridgehead atoms. The molecule has 0 spiro atoms. The molecule has 3 rings (SSSR count). The molecular formula is C21H26N2O. The molecule has 0 aliphatic carbocycles. The van der Waals surface area contributed by atoms with E-state index in [1.807, 2.05) is 4.90 Å². The van der Waals surface area contributed by atoms with Crippen LogP contribution < -0.4 is 9.80 Å². The zero-order chi connectivity index (χ0) is 17.6. The van der Waals surface area contributed by atoms with E-state index in [0.717, 1.165) is 5.69 Å². The van der Waals surface area contributed by atoms with E-state index in [2.05, 4.69) is 70.7 Å². The Balaban J connectivity index is 1.98. The molecule has 3 heteroatoms. The van der Waals surface area contributed by atoms with Gasteiger partial charge >= 0.3 is 0 Å². The van der Waals surface area contributed by atoms with Crippen LogP contribution in [0, 0.1) is 41.5 Å². The van der Waals surface area contributed by atoms with Gasteiger partial charge in [-0.05, 0) is 63.8 Å². The van der Waals surface area contributed by atoms with E-state index in [4.69, 9.17) is 0 Å². The second-order valence-electron chi connectivity index (χ2n) is 7.16. The van der Waals surface area contributed by atoms with Gasteiger partial charge in [-0.15, -0.1) is 0 Å². The molecule has 0 radical (unpaired) electrons. The van der Waals surface area contributed by atoms with E-state index in [1.54, 1.807) is 0 Å². The summed E-state index contributed by atoms with van der Waals surface area (Å²) < 4.78 is 0. The molecule has 0 saturated carbocycles. The van der Waals surface area contributed by atoms with Crippen LogP contribution in [0.1, 0.15) is 33.4 Å². The van der Waals surface area contributed by atoms with Crippen LogP contribution in [0.2, 0.25) is 0 Å². The van der Waals surface area contributed by atoms with E-state index in [9.17, 15) is 4.79 Å². The summed E-state index contributed by atoms with van der Waals surface area (Å²) in [4.78, 5) is 16.9. The number of hydrogen-bond donors (Lipinski definition) is 0. The van der Waals surface area contributed by atoms with Gasteiger partial charge in [-0.3, -0.25) is 9.69 Å². The lowest BCUT2D eigenvalue weighted by atomic mass is 10.0. The molecular weight excluding hydrogens is 296 g/mol.